The van der Waals surface area contributed by atoms with Gasteiger partial charge in [-0.2, -0.15) is 0 Å². The van der Waals surface area contributed by atoms with Crippen LogP contribution in [0.15, 0.2) is 0 Å². The molecule has 0 aromatic heterocycles. The van der Waals surface area contributed by atoms with Crippen LogP contribution in [0.5, 0.6) is 0 Å². The third-order valence-corrected chi connectivity index (χ3v) is 4.08. The summed E-state index contributed by atoms with van der Waals surface area (Å²) < 4.78 is 0. The molecule has 0 aromatic carbocycles. The molecule has 1 nitrogen and oxygen atoms in total. The molecule has 1 heteroatoms. The van der Waals surface area contributed by atoms with Crippen molar-refractivity contribution in [3.8, 4) is 0 Å². The fourth-order valence-corrected chi connectivity index (χ4v) is 2.93. The molecular formula is C13H25N. The maximum atomic E-state index is 3.93. The molecule has 1 N–H and O–H groups in total. The Labute approximate surface area is 88.7 Å². The van der Waals surface area contributed by atoms with Crippen LogP contribution in [-0.4, -0.2) is 12.1 Å². The third kappa shape index (κ3) is 2.50. The predicted molar refractivity (Wildman–Crippen MR) is 61.4 cm³/mol. The third-order valence-electron chi connectivity index (χ3n) is 4.08. The second-order valence-corrected chi connectivity index (χ2v) is 5.41. The standard InChI is InChI=1S/C13H25N/c1-3-5-13(11-8-9-11)14-12-7-4-6-10(12)2/h10-14H,3-9H2,1-2H3. The highest BCUT2D eigenvalue weighted by Gasteiger charge is 2.33. The second-order valence-electron chi connectivity index (χ2n) is 5.41. The molecule has 0 aromatic rings. The minimum Gasteiger partial charge on any atom is -0.311 e. The van der Waals surface area contributed by atoms with Crippen LogP contribution >= 0.6 is 0 Å². The van der Waals surface area contributed by atoms with Crippen molar-refractivity contribution >= 4 is 0 Å². The molecule has 3 atom stereocenters. The normalized spacial score (nSPS) is 34.7. The Morgan fingerprint density at radius 3 is 2.50 bits per heavy atom. The summed E-state index contributed by atoms with van der Waals surface area (Å²) in [5.41, 5.74) is 0. The first-order valence-electron chi connectivity index (χ1n) is 6.57. The van der Waals surface area contributed by atoms with Crippen LogP contribution in [0, 0.1) is 11.8 Å². The van der Waals surface area contributed by atoms with E-state index in [0.717, 1.165) is 23.9 Å². The lowest BCUT2D eigenvalue weighted by molar-refractivity contribution is 0.334. The molecule has 0 heterocycles. The number of hydrogen-bond acceptors (Lipinski definition) is 1. The Balaban J connectivity index is 1.80. The molecule has 0 aliphatic heterocycles. The van der Waals surface area contributed by atoms with Crippen molar-refractivity contribution in [3.05, 3.63) is 0 Å². The molecule has 2 rings (SSSR count). The van der Waals surface area contributed by atoms with Crippen molar-refractivity contribution in [2.75, 3.05) is 0 Å². The first-order valence-corrected chi connectivity index (χ1v) is 6.57. The highest BCUT2D eigenvalue weighted by molar-refractivity contribution is 4.91. The van der Waals surface area contributed by atoms with Gasteiger partial charge in [-0.1, -0.05) is 26.7 Å². The van der Waals surface area contributed by atoms with Crippen LogP contribution in [0.3, 0.4) is 0 Å². The Hall–Kier alpha value is -0.0400. The lowest BCUT2D eigenvalue weighted by atomic mass is 10.0. The number of nitrogens with one attached hydrogen (secondary N) is 1. The fourth-order valence-electron chi connectivity index (χ4n) is 2.93. The van der Waals surface area contributed by atoms with Gasteiger partial charge < -0.3 is 5.32 Å². The molecule has 3 unspecified atom stereocenters. The maximum Gasteiger partial charge on any atom is 0.00979 e. The van der Waals surface area contributed by atoms with E-state index in [1.165, 1.54) is 44.9 Å². The smallest absolute Gasteiger partial charge is 0.00979 e. The molecule has 2 aliphatic rings. The van der Waals surface area contributed by atoms with Crippen LogP contribution in [0.1, 0.15) is 58.8 Å². The summed E-state index contributed by atoms with van der Waals surface area (Å²) in [6, 6.07) is 1.69. The lowest BCUT2D eigenvalue weighted by Crippen LogP contribution is -2.40. The van der Waals surface area contributed by atoms with Gasteiger partial charge >= 0.3 is 0 Å². The number of hydrogen-bond donors (Lipinski definition) is 1. The van der Waals surface area contributed by atoms with Crippen molar-refractivity contribution in [1.82, 2.24) is 5.32 Å². The van der Waals surface area contributed by atoms with Gasteiger partial charge in [0.1, 0.15) is 0 Å². The van der Waals surface area contributed by atoms with E-state index in [9.17, 15) is 0 Å². The molecule has 0 amide bonds. The van der Waals surface area contributed by atoms with Gasteiger partial charge in [0.05, 0.1) is 0 Å². The average molecular weight is 195 g/mol. The highest BCUT2D eigenvalue weighted by Crippen LogP contribution is 2.36. The van der Waals surface area contributed by atoms with E-state index in [4.69, 9.17) is 0 Å². The molecule has 2 aliphatic carbocycles. The molecule has 82 valence electrons. The molecule has 2 saturated carbocycles. The van der Waals surface area contributed by atoms with E-state index >= 15 is 0 Å². The molecule has 0 radical (unpaired) electrons. The first kappa shape index (κ1) is 10.5. The SMILES string of the molecule is CCCC(NC1CCCC1C)C1CC1. The summed E-state index contributed by atoms with van der Waals surface area (Å²) in [4.78, 5) is 0. The van der Waals surface area contributed by atoms with Crippen molar-refractivity contribution < 1.29 is 0 Å². The van der Waals surface area contributed by atoms with Gasteiger partial charge in [0.15, 0.2) is 0 Å². The van der Waals surface area contributed by atoms with E-state index in [-0.39, 0.29) is 0 Å². The van der Waals surface area contributed by atoms with Crippen LogP contribution in [0.4, 0.5) is 0 Å². The van der Waals surface area contributed by atoms with E-state index in [0.29, 0.717) is 0 Å². The van der Waals surface area contributed by atoms with Crippen molar-refractivity contribution in [3.63, 3.8) is 0 Å². The zero-order valence-corrected chi connectivity index (χ0v) is 9.76. The lowest BCUT2D eigenvalue weighted by Gasteiger charge is -2.25. The summed E-state index contributed by atoms with van der Waals surface area (Å²) in [6.45, 7) is 4.73. The van der Waals surface area contributed by atoms with Gasteiger partial charge in [-0.05, 0) is 43.9 Å². The van der Waals surface area contributed by atoms with Crippen LogP contribution in [-0.2, 0) is 0 Å². The maximum absolute atomic E-state index is 3.93. The van der Waals surface area contributed by atoms with Gasteiger partial charge in [0.25, 0.3) is 0 Å². The van der Waals surface area contributed by atoms with Gasteiger partial charge in [0.2, 0.25) is 0 Å². The van der Waals surface area contributed by atoms with Gasteiger partial charge in [-0.15, -0.1) is 0 Å². The highest BCUT2D eigenvalue weighted by atomic mass is 15.0. The van der Waals surface area contributed by atoms with E-state index in [1.807, 2.05) is 0 Å². The van der Waals surface area contributed by atoms with Crippen molar-refractivity contribution in [2.45, 2.75) is 70.9 Å². The first-order chi connectivity index (χ1) is 6.81. The Kier molecular flexibility index (Phi) is 3.48. The van der Waals surface area contributed by atoms with Gasteiger partial charge in [-0.25, -0.2) is 0 Å². The topological polar surface area (TPSA) is 12.0 Å². The van der Waals surface area contributed by atoms with Gasteiger partial charge in [0, 0.05) is 12.1 Å². The Bertz CT molecular complexity index is 174. The largest absolute Gasteiger partial charge is 0.311 e. The summed E-state index contributed by atoms with van der Waals surface area (Å²) in [5, 5.41) is 3.93. The van der Waals surface area contributed by atoms with Crippen molar-refractivity contribution in [1.29, 1.82) is 0 Å². The molecule has 0 spiro atoms. The average Bonchev–Trinajstić information content (AvgIpc) is 2.93. The predicted octanol–water partition coefficient (Wildman–Crippen LogP) is 3.34. The van der Waals surface area contributed by atoms with Crippen LogP contribution in [0.25, 0.3) is 0 Å². The molecule has 14 heavy (non-hydrogen) atoms. The number of rotatable bonds is 5. The fraction of sp³-hybridized carbons (Fsp3) is 1.00. The molecular weight excluding hydrogens is 170 g/mol. The summed E-state index contributed by atoms with van der Waals surface area (Å²) in [7, 11) is 0. The van der Waals surface area contributed by atoms with Crippen molar-refractivity contribution in [2.24, 2.45) is 11.8 Å². The Morgan fingerprint density at radius 1 is 1.21 bits per heavy atom. The van der Waals surface area contributed by atoms with Crippen LogP contribution < -0.4 is 5.32 Å². The quantitative estimate of drug-likeness (QED) is 0.709. The zero-order valence-electron chi connectivity index (χ0n) is 9.76. The van der Waals surface area contributed by atoms with E-state index < -0.39 is 0 Å². The second kappa shape index (κ2) is 4.65. The molecule has 0 bridgehead atoms. The van der Waals surface area contributed by atoms with Crippen LogP contribution in [0.2, 0.25) is 0 Å². The monoisotopic (exact) mass is 195 g/mol. The summed E-state index contributed by atoms with van der Waals surface area (Å²) in [5.74, 6) is 1.95. The Morgan fingerprint density at radius 2 is 2.00 bits per heavy atom. The summed E-state index contributed by atoms with van der Waals surface area (Å²) >= 11 is 0. The van der Waals surface area contributed by atoms with E-state index in [1.54, 1.807) is 0 Å². The molecule has 2 fully saturated rings. The molecule has 0 saturated heterocycles. The van der Waals surface area contributed by atoms with Gasteiger partial charge in [-0.3, -0.25) is 0 Å². The minimum absolute atomic E-state index is 0.840. The minimum atomic E-state index is 0.840. The zero-order chi connectivity index (χ0) is 9.97. The van der Waals surface area contributed by atoms with E-state index in [2.05, 4.69) is 19.2 Å². The summed E-state index contributed by atoms with van der Waals surface area (Å²) in [6.07, 6.45) is 10.0.